The van der Waals surface area contributed by atoms with Crippen molar-refractivity contribution in [3.63, 3.8) is 0 Å². The van der Waals surface area contributed by atoms with E-state index in [1.165, 1.54) is 28.8 Å². The first-order valence-corrected chi connectivity index (χ1v) is 6.34. The van der Waals surface area contributed by atoms with Gasteiger partial charge in [-0.1, -0.05) is 0 Å². The normalized spacial score (nSPS) is 10.2. The summed E-state index contributed by atoms with van der Waals surface area (Å²) < 4.78 is 13.0. The van der Waals surface area contributed by atoms with Crippen LogP contribution in [-0.4, -0.2) is 16.0 Å². The number of thiophene rings is 1. The Morgan fingerprint density at radius 2 is 2.20 bits per heavy atom. The number of hydrogen-bond acceptors (Lipinski definition) is 5. The molecule has 0 spiro atoms. The lowest BCUT2D eigenvalue weighted by Crippen LogP contribution is -2.02. The van der Waals surface area contributed by atoms with Gasteiger partial charge in [-0.05, 0) is 18.2 Å². The van der Waals surface area contributed by atoms with Gasteiger partial charge in [-0.2, -0.15) is 0 Å². The molecule has 6 nitrogen and oxygen atoms in total. The maximum absolute atomic E-state index is 13.0. The fourth-order valence-corrected chi connectivity index (χ4v) is 2.37. The summed E-state index contributed by atoms with van der Waals surface area (Å²) >= 11 is 1.23. The van der Waals surface area contributed by atoms with Gasteiger partial charge in [0.05, 0.1) is 16.6 Å². The quantitative estimate of drug-likeness (QED) is 0.653. The van der Waals surface area contributed by atoms with Gasteiger partial charge in [-0.25, -0.2) is 9.18 Å². The molecule has 104 valence electrons. The third-order valence-electron chi connectivity index (χ3n) is 2.51. The molecule has 0 atom stereocenters. The lowest BCUT2D eigenvalue weighted by atomic mass is 10.2. The van der Waals surface area contributed by atoms with Gasteiger partial charge >= 0.3 is 5.97 Å². The molecule has 1 aromatic heterocycles. The topological polar surface area (TPSA) is 92.5 Å². The van der Waals surface area contributed by atoms with Crippen LogP contribution in [0.4, 0.5) is 15.8 Å². The van der Waals surface area contributed by atoms with E-state index in [1.54, 1.807) is 0 Å². The highest BCUT2D eigenvalue weighted by molar-refractivity contribution is 7.10. The zero-order valence-corrected chi connectivity index (χ0v) is 10.8. The molecule has 0 fully saturated rings. The summed E-state index contributed by atoms with van der Waals surface area (Å²) in [6.07, 6.45) is 0. The van der Waals surface area contributed by atoms with E-state index >= 15 is 0 Å². The average molecular weight is 296 g/mol. The molecule has 20 heavy (non-hydrogen) atoms. The zero-order valence-electron chi connectivity index (χ0n) is 10.00. The molecule has 2 rings (SSSR count). The van der Waals surface area contributed by atoms with E-state index in [9.17, 15) is 19.3 Å². The summed E-state index contributed by atoms with van der Waals surface area (Å²) in [6, 6.07) is 4.71. The maximum Gasteiger partial charge on any atom is 0.336 e. The Morgan fingerprint density at radius 3 is 2.80 bits per heavy atom. The highest BCUT2D eigenvalue weighted by Crippen LogP contribution is 2.26. The first-order chi connectivity index (χ1) is 9.47. The molecule has 0 aliphatic carbocycles. The van der Waals surface area contributed by atoms with E-state index < -0.39 is 16.7 Å². The van der Waals surface area contributed by atoms with Crippen LogP contribution < -0.4 is 5.32 Å². The predicted octanol–water partition coefficient (Wildman–Crippen LogP) is 3.11. The number of carboxylic acids is 1. The molecule has 0 amide bonds. The number of rotatable bonds is 5. The van der Waals surface area contributed by atoms with Gasteiger partial charge < -0.3 is 10.4 Å². The van der Waals surface area contributed by atoms with Crippen molar-refractivity contribution < 1.29 is 19.2 Å². The second-order valence-corrected chi connectivity index (χ2v) is 4.87. The molecule has 2 N–H and O–H groups in total. The van der Waals surface area contributed by atoms with Crippen molar-refractivity contribution in [3.8, 4) is 0 Å². The lowest BCUT2D eigenvalue weighted by molar-refractivity contribution is -0.384. The van der Waals surface area contributed by atoms with Crippen molar-refractivity contribution in [2.24, 2.45) is 0 Å². The Balaban J connectivity index is 2.14. The smallest absolute Gasteiger partial charge is 0.336 e. The van der Waals surface area contributed by atoms with Crippen LogP contribution in [0.1, 0.15) is 15.2 Å². The summed E-state index contributed by atoms with van der Waals surface area (Å²) in [6.45, 7) is 0.227. The third kappa shape index (κ3) is 3.09. The van der Waals surface area contributed by atoms with Crippen LogP contribution in [0.15, 0.2) is 29.6 Å². The maximum atomic E-state index is 13.0. The van der Waals surface area contributed by atoms with Crippen LogP contribution in [0, 0.1) is 15.9 Å². The number of anilines is 1. The molecule has 0 saturated heterocycles. The number of halogens is 1. The van der Waals surface area contributed by atoms with Crippen LogP contribution in [0.25, 0.3) is 0 Å². The Labute approximate surface area is 116 Å². The molecule has 0 saturated carbocycles. The molecule has 1 heterocycles. The lowest BCUT2D eigenvalue weighted by Gasteiger charge is -2.05. The number of benzene rings is 1. The number of nitro groups is 1. The van der Waals surface area contributed by atoms with Crippen LogP contribution in [0.5, 0.6) is 0 Å². The minimum atomic E-state index is -1.03. The fraction of sp³-hybridized carbons (Fsp3) is 0.0833. The molecular formula is C12H9FN2O4S. The van der Waals surface area contributed by atoms with E-state index in [-0.39, 0.29) is 23.5 Å². The molecule has 0 bridgehead atoms. The van der Waals surface area contributed by atoms with Gasteiger partial charge in [-0.3, -0.25) is 10.1 Å². The minimum Gasteiger partial charge on any atom is -0.478 e. The molecule has 0 unspecified atom stereocenters. The van der Waals surface area contributed by atoms with Gasteiger partial charge in [0.1, 0.15) is 11.5 Å². The number of nitrogens with one attached hydrogen (secondary N) is 1. The van der Waals surface area contributed by atoms with Crippen molar-refractivity contribution >= 4 is 28.7 Å². The van der Waals surface area contributed by atoms with Crippen molar-refractivity contribution in [1.82, 2.24) is 0 Å². The Hall–Kier alpha value is -2.48. The van der Waals surface area contributed by atoms with Crippen molar-refractivity contribution in [1.29, 1.82) is 0 Å². The monoisotopic (exact) mass is 296 g/mol. The number of hydrogen-bond donors (Lipinski definition) is 2. The summed E-state index contributed by atoms with van der Waals surface area (Å²) in [5, 5.41) is 23.9. The Morgan fingerprint density at radius 1 is 1.45 bits per heavy atom. The van der Waals surface area contributed by atoms with Crippen LogP contribution in [0.3, 0.4) is 0 Å². The summed E-state index contributed by atoms with van der Waals surface area (Å²) in [5.41, 5.74) is -0.0119. The number of aromatic carboxylic acids is 1. The van der Waals surface area contributed by atoms with Gasteiger partial charge in [0.2, 0.25) is 0 Å². The van der Waals surface area contributed by atoms with Crippen molar-refractivity contribution in [2.45, 2.75) is 6.54 Å². The second kappa shape index (κ2) is 5.66. The van der Waals surface area contributed by atoms with Gasteiger partial charge in [0, 0.05) is 16.8 Å². The third-order valence-corrected chi connectivity index (χ3v) is 3.45. The van der Waals surface area contributed by atoms with Gasteiger partial charge in [0.15, 0.2) is 0 Å². The second-order valence-electron chi connectivity index (χ2n) is 3.88. The number of nitrogens with zero attached hydrogens (tertiary/aromatic N) is 1. The highest BCUT2D eigenvalue weighted by Gasteiger charge is 2.15. The van der Waals surface area contributed by atoms with Crippen LogP contribution in [0.2, 0.25) is 0 Å². The van der Waals surface area contributed by atoms with E-state index in [2.05, 4.69) is 5.32 Å². The molecule has 8 heteroatoms. The van der Waals surface area contributed by atoms with Gasteiger partial charge in [-0.15, -0.1) is 11.3 Å². The number of carboxylic acid groups (broad SMARTS) is 1. The van der Waals surface area contributed by atoms with Crippen LogP contribution >= 0.6 is 11.3 Å². The van der Waals surface area contributed by atoms with Crippen LogP contribution in [-0.2, 0) is 6.54 Å². The molecule has 2 aromatic rings. The predicted molar refractivity (Wildman–Crippen MR) is 71.7 cm³/mol. The van der Waals surface area contributed by atoms with Crippen molar-refractivity contribution in [2.75, 3.05) is 5.32 Å². The van der Waals surface area contributed by atoms with E-state index in [0.717, 1.165) is 12.1 Å². The largest absolute Gasteiger partial charge is 0.478 e. The summed E-state index contributed by atoms with van der Waals surface area (Å²) in [7, 11) is 0. The number of nitro benzene ring substituents is 1. The van der Waals surface area contributed by atoms with E-state index in [0.29, 0.717) is 4.88 Å². The standard InChI is InChI=1S/C12H9FN2O4S/c13-8-1-2-10(11(4-8)15(18)19)14-5-9-3-7(6-20-9)12(16)17/h1-4,6,14H,5H2,(H,16,17). The summed E-state index contributed by atoms with van der Waals surface area (Å²) in [5.74, 6) is -1.72. The molecule has 1 aromatic carbocycles. The first-order valence-electron chi connectivity index (χ1n) is 5.46. The first kappa shape index (κ1) is 13.9. The molecule has 0 radical (unpaired) electrons. The SMILES string of the molecule is O=C(O)c1csc(CNc2ccc(F)cc2[N+](=O)[O-])c1. The van der Waals surface area contributed by atoms with Gasteiger partial charge in [0.25, 0.3) is 5.69 Å². The average Bonchev–Trinajstić information content (AvgIpc) is 2.86. The Bertz CT molecular complexity index is 671. The minimum absolute atomic E-state index is 0.167. The zero-order chi connectivity index (χ0) is 14.7. The number of carbonyl (C=O) groups is 1. The van der Waals surface area contributed by atoms with E-state index in [1.807, 2.05) is 0 Å². The van der Waals surface area contributed by atoms with E-state index in [4.69, 9.17) is 5.11 Å². The Kier molecular flexibility index (Phi) is 3.94. The van der Waals surface area contributed by atoms with Crippen molar-refractivity contribution in [3.05, 3.63) is 56.0 Å². The summed E-state index contributed by atoms with van der Waals surface area (Å²) in [4.78, 5) is 21.6. The molecular weight excluding hydrogens is 287 g/mol. The molecule has 0 aliphatic rings. The molecule has 0 aliphatic heterocycles. The highest BCUT2D eigenvalue weighted by atomic mass is 32.1. The fourth-order valence-electron chi connectivity index (χ4n) is 1.57.